The van der Waals surface area contributed by atoms with Crippen molar-refractivity contribution in [1.82, 2.24) is 5.32 Å². The molecule has 1 amide bonds. The first-order valence-corrected chi connectivity index (χ1v) is 9.43. The van der Waals surface area contributed by atoms with E-state index in [0.29, 0.717) is 18.2 Å². The lowest BCUT2D eigenvalue weighted by atomic mass is 9.98. The molecule has 2 aromatic carbocycles. The van der Waals surface area contributed by atoms with Gasteiger partial charge in [-0.25, -0.2) is 0 Å². The van der Waals surface area contributed by atoms with Gasteiger partial charge in [0.1, 0.15) is 18.0 Å². The van der Waals surface area contributed by atoms with Crippen LogP contribution in [0.1, 0.15) is 24.0 Å². The number of halogens is 1. The molecule has 0 radical (unpaired) electrons. The average molecular weight is 372 g/mol. The number of rotatable bonds is 4. The molecule has 0 bridgehead atoms. The molecular formula is C21H22ClNO3. The SMILES string of the molecule is Cc1cc2c(c(-c3ccc(Cl)cc3)c1)O[C@@H](CNC(=O)[C@@H]1CCCO1)C2. The zero-order chi connectivity index (χ0) is 18.1. The predicted octanol–water partition coefficient (Wildman–Crippen LogP) is 3.91. The van der Waals surface area contributed by atoms with Crippen molar-refractivity contribution in [1.29, 1.82) is 0 Å². The molecule has 2 atom stereocenters. The first-order chi connectivity index (χ1) is 12.6. The molecule has 2 aliphatic rings. The fourth-order valence-corrected chi connectivity index (χ4v) is 3.79. The van der Waals surface area contributed by atoms with Crippen molar-refractivity contribution in [3.8, 4) is 16.9 Å². The number of hydrogen-bond donors (Lipinski definition) is 1. The molecule has 0 spiro atoms. The van der Waals surface area contributed by atoms with Gasteiger partial charge in [-0.05, 0) is 54.7 Å². The molecule has 0 saturated carbocycles. The highest BCUT2D eigenvalue weighted by molar-refractivity contribution is 6.30. The largest absolute Gasteiger partial charge is 0.487 e. The van der Waals surface area contributed by atoms with E-state index in [2.05, 4.69) is 24.4 Å². The molecule has 5 heteroatoms. The second kappa shape index (κ2) is 7.29. The molecule has 0 aromatic heterocycles. The van der Waals surface area contributed by atoms with Gasteiger partial charge >= 0.3 is 0 Å². The first-order valence-electron chi connectivity index (χ1n) is 9.05. The summed E-state index contributed by atoms with van der Waals surface area (Å²) in [5.41, 5.74) is 4.54. The Hall–Kier alpha value is -2.04. The third-order valence-corrected chi connectivity index (χ3v) is 5.18. The number of fused-ring (bicyclic) bond motifs is 1. The van der Waals surface area contributed by atoms with Gasteiger partial charge in [-0.3, -0.25) is 4.79 Å². The van der Waals surface area contributed by atoms with Crippen LogP contribution in [0.5, 0.6) is 5.75 Å². The molecule has 1 saturated heterocycles. The van der Waals surface area contributed by atoms with Crippen LogP contribution in [0, 0.1) is 6.92 Å². The first kappa shape index (κ1) is 17.4. The van der Waals surface area contributed by atoms with Gasteiger partial charge in [0.15, 0.2) is 0 Å². The third kappa shape index (κ3) is 3.57. The Bertz CT molecular complexity index is 813. The average Bonchev–Trinajstić information content (AvgIpc) is 3.29. The highest BCUT2D eigenvalue weighted by Crippen LogP contribution is 2.40. The van der Waals surface area contributed by atoms with Gasteiger partial charge in [0.25, 0.3) is 0 Å². The van der Waals surface area contributed by atoms with Crippen molar-refractivity contribution in [2.24, 2.45) is 0 Å². The minimum Gasteiger partial charge on any atom is -0.487 e. The van der Waals surface area contributed by atoms with Crippen molar-refractivity contribution in [2.45, 2.75) is 38.4 Å². The van der Waals surface area contributed by atoms with Crippen LogP contribution in [0.15, 0.2) is 36.4 Å². The third-order valence-electron chi connectivity index (χ3n) is 4.92. The fraction of sp³-hybridized carbons (Fsp3) is 0.381. The van der Waals surface area contributed by atoms with E-state index >= 15 is 0 Å². The quantitative estimate of drug-likeness (QED) is 0.886. The van der Waals surface area contributed by atoms with Gasteiger partial charge in [0, 0.05) is 23.6 Å². The predicted molar refractivity (Wildman–Crippen MR) is 102 cm³/mol. The van der Waals surface area contributed by atoms with E-state index in [0.717, 1.165) is 36.1 Å². The summed E-state index contributed by atoms with van der Waals surface area (Å²) >= 11 is 6.01. The van der Waals surface area contributed by atoms with Gasteiger partial charge in [0.05, 0.1) is 6.54 Å². The minimum atomic E-state index is -0.300. The lowest BCUT2D eigenvalue weighted by Gasteiger charge is -2.15. The summed E-state index contributed by atoms with van der Waals surface area (Å²) in [6.45, 7) is 3.26. The summed E-state index contributed by atoms with van der Waals surface area (Å²) in [5, 5.41) is 3.69. The van der Waals surface area contributed by atoms with E-state index < -0.39 is 0 Å². The number of amides is 1. The lowest BCUT2D eigenvalue weighted by Crippen LogP contribution is -2.40. The number of carbonyl (C=O) groups excluding carboxylic acids is 1. The van der Waals surface area contributed by atoms with Gasteiger partial charge < -0.3 is 14.8 Å². The molecule has 2 aliphatic heterocycles. The molecule has 1 fully saturated rings. The summed E-state index contributed by atoms with van der Waals surface area (Å²) in [4.78, 5) is 12.1. The van der Waals surface area contributed by atoms with Crippen molar-refractivity contribution in [2.75, 3.05) is 13.2 Å². The summed E-state index contributed by atoms with van der Waals surface area (Å²) in [5.74, 6) is 0.880. The summed E-state index contributed by atoms with van der Waals surface area (Å²) in [6.07, 6.45) is 2.20. The summed E-state index contributed by atoms with van der Waals surface area (Å²) < 4.78 is 11.6. The van der Waals surface area contributed by atoms with Crippen LogP contribution in [0.25, 0.3) is 11.1 Å². The number of aryl methyl sites for hydroxylation is 1. The summed E-state index contributed by atoms with van der Waals surface area (Å²) in [7, 11) is 0. The molecule has 2 heterocycles. The van der Waals surface area contributed by atoms with Crippen LogP contribution in [-0.2, 0) is 16.0 Å². The maximum atomic E-state index is 12.1. The second-order valence-electron chi connectivity index (χ2n) is 7.00. The fourth-order valence-electron chi connectivity index (χ4n) is 3.66. The van der Waals surface area contributed by atoms with Crippen LogP contribution in [-0.4, -0.2) is 31.3 Å². The highest BCUT2D eigenvalue weighted by Gasteiger charge is 2.29. The van der Waals surface area contributed by atoms with E-state index in [4.69, 9.17) is 21.1 Å². The molecule has 0 unspecified atom stereocenters. The Kier molecular flexibility index (Phi) is 4.88. The number of carbonyl (C=O) groups is 1. The number of hydrogen-bond acceptors (Lipinski definition) is 3. The van der Waals surface area contributed by atoms with Crippen LogP contribution in [0.3, 0.4) is 0 Å². The Labute approximate surface area is 158 Å². The monoisotopic (exact) mass is 371 g/mol. The maximum Gasteiger partial charge on any atom is 0.249 e. The lowest BCUT2D eigenvalue weighted by molar-refractivity contribution is -0.130. The van der Waals surface area contributed by atoms with E-state index in [1.807, 2.05) is 24.3 Å². The van der Waals surface area contributed by atoms with Crippen molar-refractivity contribution >= 4 is 17.5 Å². The van der Waals surface area contributed by atoms with E-state index in [9.17, 15) is 4.79 Å². The molecule has 26 heavy (non-hydrogen) atoms. The van der Waals surface area contributed by atoms with E-state index in [1.165, 1.54) is 11.1 Å². The molecule has 4 nitrogen and oxygen atoms in total. The van der Waals surface area contributed by atoms with Gasteiger partial charge in [0.2, 0.25) is 5.91 Å². The van der Waals surface area contributed by atoms with Gasteiger partial charge in [-0.2, -0.15) is 0 Å². The molecule has 2 aromatic rings. The van der Waals surface area contributed by atoms with Crippen molar-refractivity contribution in [3.05, 3.63) is 52.5 Å². The standard InChI is InChI=1S/C21H22ClNO3/c1-13-9-15-11-17(12-23-21(24)19-3-2-8-25-19)26-20(15)18(10-13)14-4-6-16(22)7-5-14/h4-7,9-10,17,19H,2-3,8,11-12H2,1H3,(H,23,24)/t17-,19+/m1/s1. The van der Waals surface area contributed by atoms with Crippen LogP contribution < -0.4 is 10.1 Å². The Morgan fingerprint density at radius 3 is 2.81 bits per heavy atom. The topological polar surface area (TPSA) is 47.6 Å². The van der Waals surface area contributed by atoms with Crippen LogP contribution in [0.2, 0.25) is 5.02 Å². The molecule has 1 N–H and O–H groups in total. The number of nitrogens with one attached hydrogen (secondary N) is 1. The molecule has 0 aliphatic carbocycles. The smallest absolute Gasteiger partial charge is 0.249 e. The maximum absolute atomic E-state index is 12.1. The zero-order valence-electron chi connectivity index (χ0n) is 14.8. The van der Waals surface area contributed by atoms with E-state index in [-0.39, 0.29) is 18.1 Å². The zero-order valence-corrected chi connectivity index (χ0v) is 15.5. The normalized spacial score (nSPS) is 21.3. The van der Waals surface area contributed by atoms with Gasteiger partial charge in [-0.15, -0.1) is 0 Å². The minimum absolute atomic E-state index is 0.0313. The van der Waals surface area contributed by atoms with Crippen molar-refractivity contribution < 1.29 is 14.3 Å². The second-order valence-corrected chi connectivity index (χ2v) is 7.43. The summed E-state index contributed by atoms with van der Waals surface area (Å²) in [6, 6.07) is 12.1. The number of ether oxygens (including phenoxy) is 2. The molecule has 136 valence electrons. The van der Waals surface area contributed by atoms with E-state index in [1.54, 1.807) is 0 Å². The Morgan fingerprint density at radius 2 is 2.08 bits per heavy atom. The molecule has 4 rings (SSSR count). The van der Waals surface area contributed by atoms with Gasteiger partial charge in [-0.1, -0.05) is 29.8 Å². The highest BCUT2D eigenvalue weighted by atomic mass is 35.5. The van der Waals surface area contributed by atoms with Crippen LogP contribution in [0.4, 0.5) is 0 Å². The molecular weight excluding hydrogens is 350 g/mol. The van der Waals surface area contributed by atoms with Crippen molar-refractivity contribution in [3.63, 3.8) is 0 Å². The van der Waals surface area contributed by atoms with Crippen LogP contribution >= 0.6 is 11.6 Å². The number of benzene rings is 2. The Balaban J connectivity index is 1.48. The Morgan fingerprint density at radius 1 is 1.27 bits per heavy atom.